The molecule has 0 saturated carbocycles. The van der Waals surface area contributed by atoms with Crippen LogP contribution in [0.2, 0.25) is 0 Å². The van der Waals surface area contributed by atoms with Gasteiger partial charge in [-0.1, -0.05) is 30.3 Å². The zero-order valence-corrected chi connectivity index (χ0v) is 15.0. The van der Waals surface area contributed by atoms with Crippen LogP contribution in [0, 0.1) is 0 Å². The highest BCUT2D eigenvalue weighted by Gasteiger charge is 2.39. The molecule has 1 aromatic carbocycles. The van der Waals surface area contributed by atoms with Gasteiger partial charge in [-0.3, -0.25) is 0 Å². The molecule has 0 radical (unpaired) electrons. The molecule has 0 aliphatic carbocycles. The molecule has 1 heterocycles. The Labute approximate surface area is 143 Å². The van der Waals surface area contributed by atoms with Crippen molar-refractivity contribution < 1.29 is 22.7 Å². The number of carbonyl (C=O) groups excluding carboxylic acids is 1. The van der Waals surface area contributed by atoms with Gasteiger partial charge in [-0.25, -0.2) is 17.5 Å². The van der Waals surface area contributed by atoms with Crippen molar-refractivity contribution >= 4 is 16.0 Å². The molecule has 0 saturated heterocycles. The summed E-state index contributed by atoms with van der Waals surface area (Å²) in [5, 5.41) is 0. The summed E-state index contributed by atoms with van der Waals surface area (Å²) in [6, 6.07) is 9.62. The van der Waals surface area contributed by atoms with Crippen LogP contribution < -0.4 is 0 Å². The van der Waals surface area contributed by atoms with Crippen molar-refractivity contribution in [3.05, 3.63) is 47.7 Å². The van der Waals surface area contributed by atoms with E-state index in [0.717, 1.165) is 16.1 Å². The number of hydrogen-bond acceptors (Lipinski definition) is 5. The van der Waals surface area contributed by atoms with Gasteiger partial charge in [0.05, 0.1) is 12.9 Å². The van der Waals surface area contributed by atoms with Gasteiger partial charge >= 0.3 is 5.97 Å². The molecule has 2 atom stereocenters. The van der Waals surface area contributed by atoms with E-state index < -0.39 is 22.2 Å². The van der Waals surface area contributed by atoms with Crippen LogP contribution >= 0.6 is 0 Å². The third kappa shape index (κ3) is 4.15. The average molecular weight is 353 g/mol. The summed E-state index contributed by atoms with van der Waals surface area (Å²) >= 11 is 0. The van der Waals surface area contributed by atoms with Crippen molar-refractivity contribution in [3.63, 3.8) is 0 Å². The number of nitrogens with zero attached hydrogens (tertiary/aromatic N) is 1. The first-order chi connectivity index (χ1) is 11.4. The first-order valence-corrected chi connectivity index (χ1v) is 9.78. The van der Waals surface area contributed by atoms with Gasteiger partial charge in [-0.15, -0.1) is 0 Å². The fourth-order valence-electron chi connectivity index (χ4n) is 2.82. The molecule has 0 spiro atoms. The van der Waals surface area contributed by atoms with Crippen LogP contribution in [0.5, 0.6) is 0 Å². The number of ether oxygens (including phenoxy) is 2. The van der Waals surface area contributed by atoms with Crippen LogP contribution in [0.3, 0.4) is 0 Å². The molecule has 6 nitrogen and oxygen atoms in total. The Morgan fingerprint density at radius 3 is 2.42 bits per heavy atom. The van der Waals surface area contributed by atoms with Gasteiger partial charge in [-0.2, -0.15) is 0 Å². The maximum atomic E-state index is 12.3. The zero-order valence-electron chi connectivity index (χ0n) is 14.1. The molecule has 1 aromatic rings. The predicted octanol–water partition coefficient (Wildman–Crippen LogP) is 2.25. The Kier molecular flexibility index (Phi) is 6.01. The smallest absolute Gasteiger partial charge is 0.355 e. The molecule has 2 unspecified atom stereocenters. The molecule has 1 aliphatic rings. The largest absolute Gasteiger partial charge is 0.461 e. The summed E-state index contributed by atoms with van der Waals surface area (Å²) < 4.78 is 36.2. The van der Waals surface area contributed by atoms with Crippen LogP contribution in [-0.4, -0.2) is 44.4 Å². The topological polar surface area (TPSA) is 72.9 Å². The molecule has 7 heteroatoms. The summed E-state index contributed by atoms with van der Waals surface area (Å²) in [7, 11) is -3.68. The molecular formula is C17H23NO5S. The van der Waals surface area contributed by atoms with Crippen molar-refractivity contribution in [2.75, 3.05) is 19.5 Å². The quantitative estimate of drug-likeness (QED) is 0.734. The lowest BCUT2D eigenvalue weighted by Crippen LogP contribution is -2.46. The lowest BCUT2D eigenvalue weighted by Gasteiger charge is -2.37. The Morgan fingerprint density at radius 2 is 1.88 bits per heavy atom. The van der Waals surface area contributed by atoms with Gasteiger partial charge in [0, 0.05) is 18.9 Å². The molecule has 24 heavy (non-hydrogen) atoms. The molecule has 0 N–H and O–H groups in total. The second-order valence-corrected chi connectivity index (χ2v) is 7.35. The van der Waals surface area contributed by atoms with Crippen molar-refractivity contribution in [3.8, 4) is 0 Å². The van der Waals surface area contributed by atoms with E-state index in [1.54, 1.807) is 19.9 Å². The van der Waals surface area contributed by atoms with E-state index in [0.29, 0.717) is 13.0 Å². The Hall–Kier alpha value is -1.86. The minimum Gasteiger partial charge on any atom is -0.461 e. The SMILES string of the molecule is CCOC(=O)C1=CC(c2ccccc2)CC(OCC)N1S(C)(=O)=O. The lowest BCUT2D eigenvalue weighted by molar-refractivity contribution is -0.141. The standard InChI is InChI=1S/C17H23NO5S/c1-4-22-16-12-14(13-9-7-6-8-10-13)11-15(17(19)23-5-2)18(16)24(3,20)21/h6-11,14,16H,4-5,12H2,1-3H3. The number of sulfonamides is 1. The number of allylic oxidation sites excluding steroid dienone is 1. The van der Waals surface area contributed by atoms with Gasteiger partial charge in [-0.05, 0) is 25.5 Å². The molecule has 2 rings (SSSR count). The van der Waals surface area contributed by atoms with E-state index in [1.165, 1.54) is 0 Å². The van der Waals surface area contributed by atoms with E-state index in [4.69, 9.17) is 9.47 Å². The number of hydrogen-bond donors (Lipinski definition) is 0. The van der Waals surface area contributed by atoms with Gasteiger partial charge in [0.25, 0.3) is 0 Å². The van der Waals surface area contributed by atoms with E-state index in [-0.39, 0.29) is 18.2 Å². The van der Waals surface area contributed by atoms with Gasteiger partial charge < -0.3 is 9.47 Å². The third-order valence-electron chi connectivity index (χ3n) is 3.74. The van der Waals surface area contributed by atoms with Gasteiger partial charge in [0.2, 0.25) is 10.0 Å². The minimum absolute atomic E-state index is 0.0119. The van der Waals surface area contributed by atoms with E-state index in [9.17, 15) is 13.2 Å². The summed E-state index contributed by atoms with van der Waals surface area (Å²) in [5.74, 6) is -0.784. The Balaban J connectivity index is 2.50. The molecule has 1 aliphatic heterocycles. The third-order valence-corrected chi connectivity index (χ3v) is 4.89. The highest BCUT2D eigenvalue weighted by Crippen LogP contribution is 2.35. The van der Waals surface area contributed by atoms with E-state index >= 15 is 0 Å². The molecule has 0 bridgehead atoms. The summed E-state index contributed by atoms with van der Waals surface area (Å²) in [6.07, 6.45) is 2.42. The second kappa shape index (κ2) is 7.81. The summed E-state index contributed by atoms with van der Waals surface area (Å²) in [6.45, 7) is 3.98. The Morgan fingerprint density at radius 1 is 1.21 bits per heavy atom. The van der Waals surface area contributed by atoms with Gasteiger partial charge in [0.15, 0.2) is 0 Å². The van der Waals surface area contributed by atoms with Crippen molar-refractivity contribution in [2.24, 2.45) is 0 Å². The monoisotopic (exact) mass is 353 g/mol. The highest BCUT2D eigenvalue weighted by molar-refractivity contribution is 7.88. The fourth-order valence-corrected chi connectivity index (χ4v) is 3.88. The van der Waals surface area contributed by atoms with Crippen molar-refractivity contribution in [1.29, 1.82) is 0 Å². The summed E-state index contributed by atoms with van der Waals surface area (Å²) in [4.78, 5) is 12.3. The normalized spacial score (nSPS) is 21.3. The van der Waals surface area contributed by atoms with E-state index in [1.807, 2.05) is 30.3 Å². The predicted molar refractivity (Wildman–Crippen MR) is 90.6 cm³/mol. The molecule has 132 valence electrons. The van der Waals surface area contributed by atoms with Crippen LogP contribution in [0.4, 0.5) is 0 Å². The van der Waals surface area contributed by atoms with E-state index in [2.05, 4.69) is 0 Å². The van der Waals surface area contributed by atoms with Crippen LogP contribution in [0.1, 0.15) is 31.7 Å². The van der Waals surface area contributed by atoms with Crippen LogP contribution in [0.25, 0.3) is 0 Å². The highest BCUT2D eigenvalue weighted by atomic mass is 32.2. The number of benzene rings is 1. The summed E-state index contributed by atoms with van der Waals surface area (Å²) in [5.41, 5.74) is 1.01. The average Bonchev–Trinajstić information content (AvgIpc) is 2.54. The number of carbonyl (C=O) groups is 1. The first kappa shape index (κ1) is 18.5. The maximum absolute atomic E-state index is 12.3. The van der Waals surface area contributed by atoms with Crippen molar-refractivity contribution in [1.82, 2.24) is 4.31 Å². The van der Waals surface area contributed by atoms with Gasteiger partial charge in [0.1, 0.15) is 11.9 Å². The second-order valence-electron chi connectivity index (χ2n) is 5.49. The molecule has 0 fully saturated rings. The number of esters is 1. The lowest BCUT2D eigenvalue weighted by atomic mass is 9.91. The minimum atomic E-state index is -3.68. The zero-order chi connectivity index (χ0) is 17.7. The molecular weight excluding hydrogens is 330 g/mol. The van der Waals surface area contributed by atoms with Crippen LogP contribution in [0.15, 0.2) is 42.1 Å². The van der Waals surface area contributed by atoms with Crippen LogP contribution in [-0.2, 0) is 24.3 Å². The maximum Gasteiger partial charge on any atom is 0.355 e. The fraction of sp³-hybridized carbons (Fsp3) is 0.471. The Bertz CT molecular complexity index is 699. The number of rotatable bonds is 6. The molecule has 0 amide bonds. The van der Waals surface area contributed by atoms with Crippen molar-refractivity contribution in [2.45, 2.75) is 32.4 Å². The first-order valence-electron chi connectivity index (χ1n) is 7.93. The molecule has 0 aromatic heterocycles.